The van der Waals surface area contributed by atoms with E-state index in [-0.39, 0.29) is 40.5 Å². The number of nitrogens with zero attached hydrogens (tertiary/aromatic N) is 3. The molecular weight excluding hydrogens is 571 g/mol. The maximum atomic E-state index is 11.9. The SMILES string of the molecule is C=CC(=O)N[C@H]1COC[C@H]1Nc1ncc2cc(-c3c(Cl)c(OC)cc(OC)c3Cl)nc(CNS(C)(=O)=O)c2n1. The van der Waals surface area contributed by atoms with Crippen molar-refractivity contribution in [3.63, 3.8) is 0 Å². The predicted molar refractivity (Wildman–Crippen MR) is 148 cm³/mol. The topological polar surface area (TPSA) is 154 Å². The zero-order valence-electron chi connectivity index (χ0n) is 21.2. The van der Waals surface area contributed by atoms with Gasteiger partial charge >= 0.3 is 0 Å². The van der Waals surface area contributed by atoms with Gasteiger partial charge in [-0.05, 0) is 12.1 Å². The molecule has 1 fully saturated rings. The number of hydrogen-bond donors (Lipinski definition) is 3. The fraction of sp³-hybridized carbons (Fsp3) is 0.333. The fourth-order valence-corrected chi connectivity index (χ4v) is 5.08. The van der Waals surface area contributed by atoms with Gasteiger partial charge in [-0.1, -0.05) is 29.8 Å². The summed E-state index contributed by atoms with van der Waals surface area (Å²) in [5.41, 5.74) is 1.36. The lowest BCUT2D eigenvalue weighted by atomic mass is 10.1. The van der Waals surface area contributed by atoms with E-state index in [1.807, 2.05) is 0 Å². The molecule has 15 heteroatoms. The van der Waals surface area contributed by atoms with Crippen molar-refractivity contribution in [3.05, 3.63) is 46.7 Å². The molecule has 3 aromatic rings. The minimum Gasteiger partial charge on any atom is -0.495 e. The largest absolute Gasteiger partial charge is 0.495 e. The predicted octanol–water partition coefficient (Wildman–Crippen LogP) is 2.55. The molecule has 1 aliphatic rings. The molecule has 1 amide bonds. The highest BCUT2D eigenvalue weighted by atomic mass is 35.5. The number of carbonyl (C=O) groups is 1. The number of amides is 1. The van der Waals surface area contributed by atoms with E-state index in [1.54, 1.807) is 18.3 Å². The molecule has 4 rings (SSSR count). The second-order valence-corrected chi connectivity index (χ2v) is 11.2. The second kappa shape index (κ2) is 11.9. The Morgan fingerprint density at radius 3 is 2.44 bits per heavy atom. The molecule has 2 atom stereocenters. The first-order chi connectivity index (χ1) is 18.5. The van der Waals surface area contributed by atoms with Crippen molar-refractivity contribution in [2.24, 2.45) is 0 Å². The third kappa shape index (κ3) is 6.50. The molecule has 0 aliphatic carbocycles. The van der Waals surface area contributed by atoms with Crippen molar-refractivity contribution in [2.45, 2.75) is 18.6 Å². The standard InChI is InChI=1S/C24H26Cl2N6O6S/c1-5-19(33)30-15-10-38-11-16(15)31-24-27-8-12-6-13(29-14(23(12)32-24)9-28-39(4,34)35)20-21(25)17(36-2)7-18(37-3)22(20)26/h5-8,15-16,28H,1,9-11H2,2-4H3,(H,30,33)(H,27,31,32)/t15-,16+/m0/s1. The number of pyridine rings is 1. The van der Waals surface area contributed by atoms with Gasteiger partial charge in [0.15, 0.2) is 0 Å². The van der Waals surface area contributed by atoms with Gasteiger partial charge in [-0.2, -0.15) is 0 Å². The number of carbonyl (C=O) groups excluding carboxylic acids is 1. The molecule has 208 valence electrons. The fourth-order valence-electron chi connectivity index (χ4n) is 3.98. The molecule has 1 saturated heterocycles. The zero-order valence-corrected chi connectivity index (χ0v) is 23.6. The number of sulfonamides is 1. The maximum absolute atomic E-state index is 11.9. The van der Waals surface area contributed by atoms with E-state index >= 15 is 0 Å². The van der Waals surface area contributed by atoms with Crippen molar-refractivity contribution in [2.75, 3.05) is 39.0 Å². The average Bonchev–Trinajstić information content (AvgIpc) is 3.33. The number of benzene rings is 1. The van der Waals surface area contributed by atoms with Gasteiger partial charge in [0, 0.05) is 23.2 Å². The summed E-state index contributed by atoms with van der Waals surface area (Å²) in [6, 6.07) is 2.60. The van der Waals surface area contributed by atoms with Crippen LogP contribution in [0.25, 0.3) is 22.2 Å². The normalized spacial score (nSPS) is 17.2. The van der Waals surface area contributed by atoms with Crippen LogP contribution < -0.4 is 24.8 Å². The van der Waals surface area contributed by atoms with E-state index in [9.17, 15) is 13.2 Å². The lowest BCUT2D eigenvalue weighted by Crippen LogP contribution is -2.45. The average molecular weight is 597 g/mol. The minimum atomic E-state index is -3.56. The van der Waals surface area contributed by atoms with Crippen LogP contribution in [0.3, 0.4) is 0 Å². The third-order valence-electron chi connectivity index (χ3n) is 5.88. The molecule has 1 aliphatic heterocycles. The zero-order chi connectivity index (χ0) is 28.3. The first kappa shape index (κ1) is 28.8. The second-order valence-electron chi connectivity index (χ2n) is 8.57. The number of nitrogens with one attached hydrogen (secondary N) is 3. The molecule has 0 unspecified atom stereocenters. The Balaban J connectivity index is 1.80. The number of fused-ring (bicyclic) bond motifs is 1. The molecule has 2 aromatic heterocycles. The molecular formula is C24H26Cl2N6O6S. The highest BCUT2D eigenvalue weighted by Gasteiger charge is 2.30. The number of rotatable bonds is 10. The third-order valence-corrected chi connectivity index (χ3v) is 7.30. The Labute approximate surface area is 235 Å². The lowest BCUT2D eigenvalue weighted by molar-refractivity contribution is -0.117. The van der Waals surface area contributed by atoms with E-state index in [0.29, 0.717) is 52.6 Å². The van der Waals surface area contributed by atoms with Crippen LogP contribution in [-0.4, -0.2) is 75.0 Å². The van der Waals surface area contributed by atoms with Crippen LogP contribution in [0.15, 0.2) is 31.0 Å². The summed E-state index contributed by atoms with van der Waals surface area (Å²) in [5, 5.41) is 6.92. The molecule has 0 saturated carbocycles. The molecule has 39 heavy (non-hydrogen) atoms. The number of halogens is 2. The van der Waals surface area contributed by atoms with Crippen LogP contribution >= 0.6 is 23.2 Å². The monoisotopic (exact) mass is 596 g/mol. The Morgan fingerprint density at radius 2 is 1.82 bits per heavy atom. The molecule has 0 bridgehead atoms. The maximum Gasteiger partial charge on any atom is 0.243 e. The van der Waals surface area contributed by atoms with Crippen LogP contribution in [0.4, 0.5) is 5.95 Å². The summed E-state index contributed by atoms with van der Waals surface area (Å²) in [7, 11) is -0.648. The lowest BCUT2D eigenvalue weighted by Gasteiger charge is -2.20. The van der Waals surface area contributed by atoms with Crippen molar-refractivity contribution < 1.29 is 27.4 Å². The van der Waals surface area contributed by atoms with Crippen LogP contribution in [0.2, 0.25) is 10.0 Å². The summed E-state index contributed by atoms with van der Waals surface area (Å²) in [6.07, 6.45) is 3.79. The van der Waals surface area contributed by atoms with E-state index < -0.39 is 10.0 Å². The number of methoxy groups -OCH3 is 2. The van der Waals surface area contributed by atoms with Gasteiger partial charge in [0.1, 0.15) is 11.5 Å². The van der Waals surface area contributed by atoms with Crippen LogP contribution in [0, 0.1) is 0 Å². The van der Waals surface area contributed by atoms with E-state index in [1.165, 1.54) is 20.3 Å². The van der Waals surface area contributed by atoms with Gasteiger partial charge in [0.2, 0.25) is 21.9 Å². The Morgan fingerprint density at radius 1 is 1.15 bits per heavy atom. The summed E-state index contributed by atoms with van der Waals surface area (Å²) in [6.45, 7) is 3.93. The quantitative estimate of drug-likeness (QED) is 0.297. The molecule has 0 spiro atoms. The number of anilines is 1. The van der Waals surface area contributed by atoms with Gasteiger partial charge in [-0.15, -0.1) is 0 Å². The van der Waals surface area contributed by atoms with Crippen molar-refractivity contribution in [1.29, 1.82) is 0 Å². The van der Waals surface area contributed by atoms with Crippen LogP contribution in [0.5, 0.6) is 11.5 Å². The molecule has 0 radical (unpaired) electrons. The molecule has 3 heterocycles. The number of hydrogen-bond acceptors (Lipinski definition) is 10. The molecule has 1 aromatic carbocycles. The van der Waals surface area contributed by atoms with Gasteiger partial charge in [0.05, 0.1) is 79.3 Å². The minimum absolute atomic E-state index is 0.166. The van der Waals surface area contributed by atoms with Crippen molar-refractivity contribution >= 4 is 56.0 Å². The van der Waals surface area contributed by atoms with Gasteiger partial charge in [0.25, 0.3) is 0 Å². The number of ether oxygens (including phenoxy) is 3. The Hall–Kier alpha value is -3.23. The van der Waals surface area contributed by atoms with Gasteiger partial charge in [-0.3, -0.25) is 4.79 Å². The smallest absolute Gasteiger partial charge is 0.243 e. The van der Waals surface area contributed by atoms with Crippen molar-refractivity contribution in [3.8, 4) is 22.8 Å². The Kier molecular flexibility index (Phi) is 8.76. The molecule has 12 nitrogen and oxygen atoms in total. The first-order valence-corrected chi connectivity index (χ1v) is 14.2. The number of aromatic nitrogens is 3. The first-order valence-electron chi connectivity index (χ1n) is 11.5. The Bertz CT molecular complexity index is 1510. The van der Waals surface area contributed by atoms with E-state index in [0.717, 1.165) is 6.26 Å². The summed E-state index contributed by atoms with van der Waals surface area (Å²) < 4.78 is 42.5. The van der Waals surface area contributed by atoms with Gasteiger partial charge < -0.3 is 24.8 Å². The van der Waals surface area contributed by atoms with Crippen LogP contribution in [0.1, 0.15) is 5.69 Å². The van der Waals surface area contributed by atoms with E-state index in [2.05, 4.69) is 36.9 Å². The molecule has 3 N–H and O–H groups in total. The van der Waals surface area contributed by atoms with Crippen LogP contribution in [-0.2, 0) is 26.1 Å². The van der Waals surface area contributed by atoms with E-state index in [4.69, 9.17) is 37.4 Å². The summed E-state index contributed by atoms with van der Waals surface area (Å²) in [5.74, 6) is 0.552. The highest BCUT2D eigenvalue weighted by Crippen LogP contribution is 2.46. The van der Waals surface area contributed by atoms with Gasteiger partial charge in [-0.25, -0.2) is 28.1 Å². The summed E-state index contributed by atoms with van der Waals surface area (Å²) >= 11 is 13.2. The van der Waals surface area contributed by atoms with Crippen molar-refractivity contribution in [1.82, 2.24) is 25.0 Å². The summed E-state index contributed by atoms with van der Waals surface area (Å²) in [4.78, 5) is 25.4. The highest BCUT2D eigenvalue weighted by molar-refractivity contribution is 7.88.